The van der Waals surface area contributed by atoms with Crippen molar-refractivity contribution in [1.29, 1.82) is 0 Å². The van der Waals surface area contributed by atoms with Crippen LogP contribution in [0.15, 0.2) is 23.0 Å². The second-order valence-electron chi connectivity index (χ2n) is 3.56. The number of hydrogen-bond acceptors (Lipinski definition) is 2. The molecular weight excluding hydrogens is 178 g/mol. The lowest BCUT2D eigenvalue weighted by molar-refractivity contribution is 0.141. The first-order valence-electron chi connectivity index (χ1n) is 4.99. The van der Waals surface area contributed by atoms with Crippen LogP contribution in [0.4, 0.5) is 0 Å². The molecule has 1 N–H and O–H groups in total. The Morgan fingerprint density at radius 1 is 1.50 bits per heavy atom. The summed E-state index contributed by atoms with van der Waals surface area (Å²) in [4.78, 5) is 11.4. The Morgan fingerprint density at radius 2 is 2.21 bits per heavy atom. The predicted octanol–water partition coefficient (Wildman–Crippen LogP) is 1.32. The van der Waals surface area contributed by atoms with Crippen molar-refractivity contribution >= 4 is 0 Å². The molecule has 0 spiro atoms. The fourth-order valence-corrected chi connectivity index (χ4v) is 1.49. The van der Waals surface area contributed by atoms with Gasteiger partial charge in [-0.2, -0.15) is 0 Å². The molecule has 0 fully saturated rings. The van der Waals surface area contributed by atoms with Crippen molar-refractivity contribution in [3.8, 4) is 0 Å². The molecule has 3 nitrogen and oxygen atoms in total. The molecule has 1 unspecified atom stereocenters. The van der Waals surface area contributed by atoms with Crippen molar-refractivity contribution in [2.24, 2.45) is 0 Å². The Bertz CT molecular complexity index is 343. The van der Waals surface area contributed by atoms with E-state index in [9.17, 15) is 9.90 Å². The van der Waals surface area contributed by atoms with Gasteiger partial charge in [-0.25, -0.2) is 0 Å². The largest absolute Gasteiger partial charge is 0.391 e. The average molecular weight is 195 g/mol. The Hall–Kier alpha value is -1.09. The highest BCUT2D eigenvalue weighted by molar-refractivity contribution is 5.04. The summed E-state index contributed by atoms with van der Waals surface area (Å²) in [7, 11) is 0. The number of aliphatic hydroxyl groups excluding tert-OH is 1. The van der Waals surface area contributed by atoms with E-state index in [-0.39, 0.29) is 5.56 Å². The summed E-state index contributed by atoms with van der Waals surface area (Å²) in [6.45, 7) is 4.29. The van der Waals surface area contributed by atoms with E-state index in [0.717, 1.165) is 18.5 Å². The lowest BCUT2D eigenvalue weighted by Crippen LogP contribution is -2.27. The van der Waals surface area contributed by atoms with Crippen molar-refractivity contribution in [2.45, 2.75) is 39.3 Å². The summed E-state index contributed by atoms with van der Waals surface area (Å²) >= 11 is 0. The van der Waals surface area contributed by atoms with E-state index in [1.165, 1.54) is 6.07 Å². The second-order valence-corrected chi connectivity index (χ2v) is 3.56. The summed E-state index contributed by atoms with van der Waals surface area (Å²) in [6, 6.07) is 5.13. The van der Waals surface area contributed by atoms with Gasteiger partial charge in [0.05, 0.1) is 12.6 Å². The van der Waals surface area contributed by atoms with Gasteiger partial charge in [-0.1, -0.05) is 19.4 Å². The molecule has 0 saturated heterocycles. The first-order valence-corrected chi connectivity index (χ1v) is 4.99. The molecule has 1 atom stereocenters. The van der Waals surface area contributed by atoms with E-state index >= 15 is 0 Å². The first kappa shape index (κ1) is 11.0. The molecular formula is C11H17NO2. The molecule has 1 aromatic rings. The van der Waals surface area contributed by atoms with Crippen LogP contribution in [0, 0.1) is 6.92 Å². The van der Waals surface area contributed by atoms with Crippen molar-refractivity contribution in [2.75, 3.05) is 0 Å². The molecule has 14 heavy (non-hydrogen) atoms. The van der Waals surface area contributed by atoms with Gasteiger partial charge in [0.15, 0.2) is 0 Å². The minimum absolute atomic E-state index is 0.0415. The van der Waals surface area contributed by atoms with Crippen molar-refractivity contribution in [3.63, 3.8) is 0 Å². The Kier molecular flexibility index (Phi) is 3.89. The third-order valence-corrected chi connectivity index (χ3v) is 2.28. The number of aliphatic hydroxyl groups is 1. The molecule has 3 heteroatoms. The monoisotopic (exact) mass is 195 g/mol. The minimum atomic E-state index is -0.418. The van der Waals surface area contributed by atoms with Gasteiger partial charge in [0.2, 0.25) is 0 Å². The summed E-state index contributed by atoms with van der Waals surface area (Å²) in [5, 5.41) is 9.59. The fraction of sp³-hybridized carbons (Fsp3) is 0.545. The molecule has 78 valence electrons. The molecule has 1 rings (SSSR count). The quantitative estimate of drug-likeness (QED) is 0.787. The number of nitrogens with zero attached hydrogens (tertiary/aromatic N) is 1. The van der Waals surface area contributed by atoms with Crippen LogP contribution in [0.5, 0.6) is 0 Å². The van der Waals surface area contributed by atoms with Gasteiger partial charge in [0, 0.05) is 11.8 Å². The summed E-state index contributed by atoms with van der Waals surface area (Å²) in [6.07, 6.45) is 1.25. The van der Waals surface area contributed by atoms with E-state index in [2.05, 4.69) is 0 Å². The first-order chi connectivity index (χ1) is 6.65. The molecule has 0 radical (unpaired) electrons. The highest BCUT2D eigenvalue weighted by atomic mass is 16.3. The normalized spacial score (nSPS) is 12.8. The van der Waals surface area contributed by atoms with Gasteiger partial charge in [-0.05, 0) is 19.4 Å². The van der Waals surface area contributed by atoms with E-state index in [4.69, 9.17) is 0 Å². The number of hydrogen-bond donors (Lipinski definition) is 1. The van der Waals surface area contributed by atoms with Gasteiger partial charge in [-0.15, -0.1) is 0 Å². The Labute approximate surface area is 84.0 Å². The summed E-state index contributed by atoms with van der Waals surface area (Å²) in [5.41, 5.74) is 0.854. The number of rotatable bonds is 4. The van der Waals surface area contributed by atoms with Crippen LogP contribution in [-0.4, -0.2) is 15.8 Å². The lowest BCUT2D eigenvalue weighted by Gasteiger charge is -2.13. The van der Waals surface area contributed by atoms with Gasteiger partial charge >= 0.3 is 0 Å². The van der Waals surface area contributed by atoms with Crippen LogP contribution in [0.25, 0.3) is 0 Å². The van der Waals surface area contributed by atoms with Gasteiger partial charge < -0.3 is 9.67 Å². The third-order valence-electron chi connectivity index (χ3n) is 2.28. The lowest BCUT2D eigenvalue weighted by atomic mass is 10.2. The highest BCUT2D eigenvalue weighted by Crippen LogP contribution is 2.01. The van der Waals surface area contributed by atoms with E-state index in [1.807, 2.05) is 19.9 Å². The van der Waals surface area contributed by atoms with Crippen LogP contribution in [-0.2, 0) is 6.54 Å². The summed E-state index contributed by atoms with van der Waals surface area (Å²) in [5.74, 6) is 0. The van der Waals surface area contributed by atoms with Crippen LogP contribution >= 0.6 is 0 Å². The zero-order valence-corrected chi connectivity index (χ0v) is 8.73. The standard InChI is InChI=1S/C11H17NO2/c1-3-5-10(13)8-12-9(2)6-4-7-11(12)14/h4,6-7,10,13H,3,5,8H2,1-2H3. The molecule has 0 amide bonds. The van der Waals surface area contributed by atoms with E-state index < -0.39 is 6.10 Å². The molecule has 1 aromatic heterocycles. The number of aromatic nitrogens is 1. The smallest absolute Gasteiger partial charge is 0.250 e. The maximum absolute atomic E-state index is 11.4. The minimum Gasteiger partial charge on any atom is -0.391 e. The maximum atomic E-state index is 11.4. The molecule has 0 saturated carbocycles. The van der Waals surface area contributed by atoms with Crippen molar-refractivity contribution in [1.82, 2.24) is 4.57 Å². The SMILES string of the molecule is CCCC(O)Cn1c(C)cccc1=O. The topological polar surface area (TPSA) is 42.2 Å². The van der Waals surface area contributed by atoms with Gasteiger partial charge in [-0.3, -0.25) is 4.79 Å². The van der Waals surface area contributed by atoms with Crippen LogP contribution < -0.4 is 5.56 Å². The second kappa shape index (κ2) is 4.96. The Balaban J connectivity index is 2.80. The molecule has 0 aliphatic rings. The van der Waals surface area contributed by atoms with E-state index in [1.54, 1.807) is 10.6 Å². The number of aryl methyl sites for hydroxylation is 1. The molecule has 0 aromatic carbocycles. The maximum Gasteiger partial charge on any atom is 0.250 e. The van der Waals surface area contributed by atoms with Gasteiger partial charge in [0.25, 0.3) is 5.56 Å². The molecule has 0 aliphatic heterocycles. The van der Waals surface area contributed by atoms with Crippen molar-refractivity contribution < 1.29 is 5.11 Å². The van der Waals surface area contributed by atoms with Crippen LogP contribution in [0.2, 0.25) is 0 Å². The molecule has 0 aliphatic carbocycles. The summed E-state index contributed by atoms with van der Waals surface area (Å²) < 4.78 is 1.61. The van der Waals surface area contributed by atoms with Crippen molar-refractivity contribution in [3.05, 3.63) is 34.2 Å². The Morgan fingerprint density at radius 3 is 2.79 bits per heavy atom. The van der Waals surface area contributed by atoms with Gasteiger partial charge in [0.1, 0.15) is 0 Å². The molecule has 1 heterocycles. The predicted molar refractivity (Wildman–Crippen MR) is 56.4 cm³/mol. The zero-order chi connectivity index (χ0) is 10.6. The number of pyridine rings is 1. The van der Waals surface area contributed by atoms with E-state index in [0.29, 0.717) is 6.54 Å². The zero-order valence-electron chi connectivity index (χ0n) is 8.73. The average Bonchev–Trinajstić information content (AvgIpc) is 2.12. The van der Waals surface area contributed by atoms with Crippen LogP contribution in [0.3, 0.4) is 0 Å². The fourth-order valence-electron chi connectivity index (χ4n) is 1.49. The molecule has 0 bridgehead atoms. The van der Waals surface area contributed by atoms with Crippen LogP contribution in [0.1, 0.15) is 25.5 Å². The third kappa shape index (κ3) is 2.70. The highest BCUT2D eigenvalue weighted by Gasteiger charge is 2.06.